The van der Waals surface area contributed by atoms with Crippen LogP contribution in [-0.4, -0.2) is 10.9 Å². The highest BCUT2D eigenvalue weighted by molar-refractivity contribution is 7.13. The molecule has 5 heteroatoms. The van der Waals surface area contributed by atoms with Crippen molar-refractivity contribution in [1.29, 1.82) is 0 Å². The van der Waals surface area contributed by atoms with Gasteiger partial charge in [0.15, 0.2) is 10.8 Å². The van der Waals surface area contributed by atoms with Crippen LogP contribution in [0.1, 0.15) is 29.2 Å². The fourth-order valence-electron chi connectivity index (χ4n) is 3.03. The van der Waals surface area contributed by atoms with Crippen molar-refractivity contribution in [2.24, 2.45) is 0 Å². The number of fused-ring (bicyclic) bond motifs is 1. The van der Waals surface area contributed by atoms with Crippen LogP contribution < -0.4 is 5.32 Å². The van der Waals surface area contributed by atoms with Gasteiger partial charge in [0.25, 0.3) is 0 Å². The minimum atomic E-state index is -0.0330. The van der Waals surface area contributed by atoms with Crippen LogP contribution >= 0.6 is 11.3 Å². The maximum Gasteiger partial charge on any atom is 0.227 e. The van der Waals surface area contributed by atoms with Crippen LogP contribution in [-0.2, 0) is 17.8 Å². The lowest BCUT2D eigenvalue weighted by Gasteiger charge is -2.11. The van der Waals surface area contributed by atoms with Crippen LogP contribution in [0, 0.1) is 0 Å². The van der Waals surface area contributed by atoms with Gasteiger partial charge in [-0.2, -0.15) is 0 Å². The maximum absolute atomic E-state index is 12.5. The van der Waals surface area contributed by atoms with Gasteiger partial charge in [0.05, 0.1) is 24.4 Å². The smallest absolute Gasteiger partial charge is 0.227 e. The molecule has 1 amide bonds. The van der Waals surface area contributed by atoms with E-state index in [4.69, 9.17) is 4.42 Å². The molecular weight excluding hydrogens is 308 g/mol. The minimum Gasteiger partial charge on any atom is -0.462 e. The standard InChI is InChI=1S/C18H16N2O2S/c21-17(15-8-7-12-4-1-2-5-14(12)15)19-10-13-11-23-18(20-13)16-6-3-9-22-16/h1-6,9,11,15H,7-8,10H2,(H,19,21)/t15-/m0/s1. The summed E-state index contributed by atoms with van der Waals surface area (Å²) in [7, 11) is 0. The molecule has 3 aromatic rings. The molecule has 0 spiro atoms. The van der Waals surface area contributed by atoms with E-state index in [0.717, 1.165) is 29.3 Å². The van der Waals surface area contributed by atoms with Gasteiger partial charge in [0.1, 0.15) is 0 Å². The van der Waals surface area contributed by atoms with Crippen LogP contribution in [0.2, 0.25) is 0 Å². The van der Waals surface area contributed by atoms with Gasteiger partial charge >= 0.3 is 0 Å². The number of benzene rings is 1. The third-order valence-electron chi connectivity index (χ3n) is 4.18. The van der Waals surface area contributed by atoms with Gasteiger partial charge < -0.3 is 9.73 Å². The topological polar surface area (TPSA) is 55.1 Å². The highest BCUT2D eigenvalue weighted by Crippen LogP contribution is 2.33. The molecule has 2 heterocycles. The molecule has 0 radical (unpaired) electrons. The van der Waals surface area contributed by atoms with Crippen LogP contribution in [0.25, 0.3) is 10.8 Å². The van der Waals surface area contributed by atoms with E-state index in [2.05, 4.69) is 22.4 Å². The number of carbonyl (C=O) groups is 1. The van der Waals surface area contributed by atoms with Gasteiger partial charge in [-0.05, 0) is 36.1 Å². The Kier molecular flexibility index (Phi) is 3.71. The summed E-state index contributed by atoms with van der Waals surface area (Å²) in [6.07, 6.45) is 3.50. The number of thiazole rings is 1. The number of furan rings is 1. The number of carbonyl (C=O) groups excluding carboxylic acids is 1. The quantitative estimate of drug-likeness (QED) is 0.795. The predicted octanol–water partition coefficient (Wildman–Crippen LogP) is 3.75. The third-order valence-corrected chi connectivity index (χ3v) is 5.08. The van der Waals surface area contributed by atoms with E-state index in [1.165, 1.54) is 22.5 Å². The van der Waals surface area contributed by atoms with Crippen molar-refractivity contribution in [2.45, 2.75) is 25.3 Å². The van der Waals surface area contributed by atoms with E-state index in [0.29, 0.717) is 6.54 Å². The fourth-order valence-corrected chi connectivity index (χ4v) is 3.82. The average Bonchev–Trinajstić information content (AvgIpc) is 3.31. The Labute approximate surface area is 138 Å². The molecule has 1 aliphatic carbocycles. The molecule has 2 aromatic heterocycles. The number of hydrogen-bond donors (Lipinski definition) is 1. The zero-order valence-electron chi connectivity index (χ0n) is 12.5. The van der Waals surface area contributed by atoms with Gasteiger partial charge in [0, 0.05) is 5.38 Å². The summed E-state index contributed by atoms with van der Waals surface area (Å²) >= 11 is 1.52. The molecule has 0 aliphatic heterocycles. The SMILES string of the molecule is O=C(NCc1csc(-c2ccco2)n1)[C@H]1CCc2ccccc21. The Hall–Kier alpha value is -2.40. The van der Waals surface area contributed by atoms with Crippen LogP contribution in [0.5, 0.6) is 0 Å². The Morgan fingerprint density at radius 2 is 2.22 bits per heavy atom. The molecule has 0 saturated carbocycles. The first-order valence-corrected chi connectivity index (χ1v) is 8.53. The summed E-state index contributed by atoms with van der Waals surface area (Å²) in [5.41, 5.74) is 3.32. The monoisotopic (exact) mass is 324 g/mol. The molecule has 0 bridgehead atoms. The molecule has 1 atom stereocenters. The van der Waals surface area contributed by atoms with Crippen molar-refractivity contribution < 1.29 is 9.21 Å². The molecule has 23 heavy (non-hydrogen) atoms. The van der Waals surface area contributed by atoms with E-state index in [1.807, 2.05) is 29.6 Å². The summed E-state index contributed by atoms with van der Waals surface area (Å²) in [4.78, 5) is 17.0. The maximum atomic E-state index is 12.5. The second-order valence-electron chi connectivity index (χ2n) is 5.63. The highest BCUT2D eigenvalue weighted by atomic mass is 32.1. The first-order chi connectivity index (χ1) is 11.3. The Balaban J connectivity index is 1.41. The summed E-state index contributed by atoms with van der Waals surface area (Å²) in [5, 5.41) is 5.81. The molecule has 4 rings (SSSR count). The number of nitrogens with zero attached hydrogens (tertiary/aromatic N) is 1. The van der Waals surface area contributed by atoms with Crippen molar-refractivity contribution in [2.75, 3.05) is 0 Å². The van der Waals surface area contributed by atoms with Gasteiger partial charge in [-0.3, -0.25) is 4.79 Å². The Morgan fingerprint density at radius 1 is 1.30 bits per heavy atom. The second-order valence-corrected chi connectivity index (χ2v) is 6.49. The number of amides is 1. The largest absolute Gasteiger partial charge is 0.462 e. The van der Waals surface area contributed by atoms with E-state index in [1.54, 1.807) is 6.26 Å². The summed E-state index contributed by atoms with van der Waals surface area (Å²) in [6, 6.07) is 11.9. The average molecular weight is 324 g/mol. The lowest BCUT2D eigenvalue weighted by atomic mass is 10.0. The zero-order chi connectivity index (χ0) is 15.6. The first kappa shape index (κ1) is 14.2. The zero-order valence-corrected chi connectivity index (χ0v) is 13.3. The molecule has 4 nitrogen and oxygen atoms in total. The van der Waals surface area contributed by atoms with E-state index in [-0.39, 0.29) is 11.8 Å². The fraction of sp³-hybridized carbons (Fsp3) is 0.222. The van der Waals surface area contributed by atoms with Crippen molar-refractivity contribution in [3.05, 3.63) is 64.9 Å². The molecule has 1 aliphatic rings. The lowest BCUT2D eigenvalue weighted by Crippen LogP contribution is -2.28. The van der Waals surface area contributed by atoms with Gasteiger partial charge in [0.2, 0.25) is 5.91 Å². The third kappa shape index (κ3) is 2.80. The van der Waals surface area contributed by atoms with E-state index in [9.17, 15) is 4.79 Å². The highest BCUT2D eigenvalue weighted by Gasteiger charge is 2.27. The lowest BCUT2D eigenvalue weighted by molar-refractivity contribution is -0.122. The second kappa shape index (κ2) is 6.01. The number of aryl methyl sites for hydroxylation is 1. The molecule has 0 fully saturated rings. The number of rotatable bonds is 4. The van der Waals surface area contributed by atoms with E-state index >= 15 is 0 Å². The first-order valence-electron chi connectivity index (χ1n) is 7.65. The number of aromatic nitrogens is 1. The van der Waals surface area contributed by atoms with E-state index < -0.39 is 0 Å². The van der Waals surface area contributed by atoms with Crippen LogP contribution in [0.3, 0.4) is 0 Å². The van der Waals surface area contributed by atoms with Crippen molar-refractivity contribution in [1.82, 2.24) is 10.3 Å². The van der Waals surface area contributed by atoms with Gasteiger partial charge in [-0.15, -0.1) is 11.3 Å². The van der Waals surface area contributed by atoms with Gasteiger partial charge in [-0.1, -0.05) is 24.3 Å². The summed E-state index contributed by atoms with van der Waals surface area (Å²) in [6.45, 7) is 0.453. The molecule has 0 unspecified atom stereocenters. The predicted molar refractivity (Wildman–Crippen MR) is 89.2 cm³/mol. The molecule has 1 aromatic carbocycles. The normalized spacial score (nSPS) is 16.3. The van der Waals surface area contributed by atoms with Crippen LogP contribution in [0.4, 0.5) is 0 Å². The summed E-state index contributed by atoms with van der Waals surface area (Å²) in [5.74, 6) is 0.814. The number of hydrogen-bond acceptors (Lipinski definition) is 4. The Bertz CT molecular complexity index is 823. The molecule has 116 valence electrons. The van der Waals surface area contributed by atoms with Gasteiger partial charge in [-0.25, -0.2) is 4.98 Å². The number of nitrogens with one attached hydrogen (secondary N) is 1. The van der Waals surface area contributed by atoms with Crippen molar-refractivity contribution in [3.63, 3.8) is 0 Å². The molecule has 1 N–H and O–H groups in total. The Morgan fingerprint density at radius 3 is 3.09 bits per heavy atom. The minimum absolute atomic E-state index is 0.0330. The molecule has 0 saturated heterocycles. The molecular formula is C18H16N2O2S. The van der Waals surface area contributed by atoms with Crippen LogP contribution in [0.15, 0.2) is 52.5 Å². The van der Waals surface area contributed by atoms with Crippen molar-refractivity contribution >= 4 is 17.2 Å². The van der Waals surface area contributed by atoms with Crippen molar-refractivity contribution in [3.8, 4) is 10.8 Å². The summed E-state index contributed by atoms with van der Waals surface area (Å²) < 4.78 is 5.34.